The Hall–Kier alpha value is -1.56. The Balaban J connectivity index is 1.58. The van der Waals surface area contributed by atoms with E-state index in [0.29, 0.717) is 24.6 Å². The third-order valence-electron chi connectivity index (χ3n) is 4.54. The van der Waals surface area contributed by atoms with Gasteiger partial charge in [-0.15, -0.1) is 0 Å². The number of rotatable bonds is 3. The molecule has 2 heterocycles. The average molecular weight is 278 g/mol. The molecular weight excluding hydrogens is 256 g/mol. The van der Waals surface area contributed by atoms with E-state index in [1.807, 2.05) is 6.07 Å². The summed E-state index contributed by atoms with van der Waals surface area (Å²) in [5.41, 5.74) is 1.01. The van der Waals surface area contributed by atoms with Crippen molar-refractivity contribution < 1.29 is 9.26 Å². The molecule has 20 heavy (non-hydrogen) atoms. The van der Waals surface area contributed by atoms with E-state index in [1.54, 1.807) is 13.3 Å². The zero-order valence-electron chi connectivity index (χ0n) is 12.2. The average Bonchev–Trinajstić information content (AvgIpc) is 3.08. The maximum absolute atomic E-state index is 5.81. The summed E-state index contributed by atoms with van der Waals surface area (Å²) in [6.45, 7) is 5.99. The number of nitrogens with zero attached hydrogens (tertiary/aromatic N) is 2. The number of ether oxygens (including phenoxy) is 1. The van der Waals surface area contributed by atoms with Gasteiger partial charge in [0, 0.05) is 37.1 Å². The molecule has 1 aromatic heterocycles. The largest absolute Gasteiger partial charge is 0.377 e. The third kappa shape index (κ3) is 2.18. The molecule has 3 atom stereocenters. The highest BCUT2D eigenvalue weighted by molar-refractivity contribution is 5.80. The number of aliphatic imine (C=N–C) groups is 1. The van der Waals surface area contributed by atoms with E-state index < -0.39 is 0 Å². The fourth-order valence-corrected chi connectivity index (χ4v) is 3.46. The molecule has 6 nitrogen and oxygen atoms in total. The molecule has 3 rings (SSSR count). The summed E-state index contributed by atoms with van der Waals surface area (Å²) in [5.74, 6) is 1.40. The molecular formula is C14H22N4O2. The zero-order valence-corrected chi connectivity index (χ0v) is 12.2. The molecule has 6 heteroatoms. The molecule has 0 spiro atoms. The van der Waals surface area contributed by atoms with Crippen LogP contribution in [-0.2, 0) is 11.3 Å². The highest BCUT2D eigenvalue weighted by Crippen LogP contribution is 2.51. The van der Waals surface area contributed by atoms with E-state index in [1.165, 1.54) is 0 Å². The van der Waals surface area contributed by atoms with Crippen LogP contribution in [0.25, 0.3) is 0 Å². The standard InChI is InChI=1S/C14H22N4O2/c1-14(2)11(10-5-6-19-12(10)14)17-13(15-3)16-8-9-4-7-20-18-9/h4,7,10-12H,5-6,8H2,1-3H3,(H2,15,16,17). The topological polar surface area (TPSA) is 71.7 Å². The molecule has 2 N–H and O–H groups in total. The fraction of sp³-hybridized carbons (Fsp3) is 0.714. The Labute approximate surface area is 119 Å². The maximum atomic E-state index is 5.81. The first-order chi connectivity index (χ1) is 9.63. The second-order valence-electron chi connectivity index (χ2n) is 6.10. The van der Waals surface area contributed by atoms with E-state index in [0.717, 1.165) is 24.7 Å². The zero-order chi connectivity index (χ0) is 14.2. The predicted octanol–water partition coefficient (Wildman–Crippen LogP) is 1.15. The number of guanidine groups is 1. The van der Waals surface area contributed by atoms with Crippen molar-refractivity contribution in [2.24, 2.45) is 16.3 Å². The van der Waals surface area contributed by atoms with Crippen LogP contribution in [0.5, 0.6) is 0 Å². The Bertz CT molecular complexity index is 483. The van der Waals surface area contributed by atoms with Gasteiger partial charge in [0.1, 0.15) is 12.0 Å². The van der Waals surface area contributed by atoms with Crippen LogP contribution in [-0.4, -0.2) is 36.9 Å². The molecule has 1 aromatic rings. The maximum Gasteiger partial charge on any atom is 0.191 e. The van der Waals surface area contributed by atoms with Crippen LogP contribution < -0.4 is 10.6 Å². The van der Waals surface area contributed by atoms with Crippen molar-refractivity contribution in [1.82, 2.24) is 15.8 Å². The number of hydrogen-bond acceptors (Lipinski definition) is 4. The summed E-state index contributed by atoms with van der Waals surface area (Å²) in [6.07, 6.45) is 3.09. The van der Waals surface area contributed by atoms with Crippen molar-refractivity contribution in [2.75, 3.05) is 13.7 Å². The van der Waals surface area contributed by atoms with Gasteiger partial charge < -0.3 is 19.9 Å². The second kappa shape index (κ2) is 5.09. The van der Waals surface area contributed by atoms with Gasteiger partial charge in [0.05, 0.1) is 12.6 Å². The van der Waals surface area contributed by atoms with Crippen LogP contribution in [0, 0.1) is 11.3 Å². The Morgan fingerprint density at radius 2 is 2.40 bits per heavy atom. The molecule has 0 aromatic carbocycles. The van der Waals surface area contributed by atoms with Gasteiger partial charge in [-0.25, -0.2) is 0 Å². The van der Waals surface area contributed by atoms with E-state index in [4.69, 9.17) is 9.26 Å². The van der Waals surface area contributed by atoms with Gasteiger partial charge in [0.2, 0.25) is 0 Å². The van der Waals surface area contributed by atoms with E-state index in [-0.39, 0.29) is 5.41 Å². The van der Waals surface area contributed by atoms with Gasteiger partial charge in [0.15, 0.2) is 5.96 Å². The minimum absolute atomic E-state index is 0.146. The van der Waals surface area contributed by atoms with Crippen LogP contribution >= 0.6 is 0 Å². The van der Waals surface area contributed by atoms with Crippen LogP contribution in [0.3, 0.4) is 0 Å². The molecule has 110 valence electrons. The van der Waals surface area contributed by atoms with Crippen LogP contribution in [0.2, 0.25) is 0 Å². The number of fused-ring (bicyclic) bond motifs is 1. The van der Waals surface area contributed by atoms with Gasteiger partial charge in [-0.1, -0.05) is 19.0 Å². The van der Waals surface area contributed by atoms with Crippen molar-refractivity contribution in [1.29, 1.82) is 0 Å². The van der Waals surface area contributed by atoms with Crippen LogP contribution in [0.4, 0.5) is 0 Å². The predicted molar refractivity (Wildman–Crippen MR) is 75.3 cm³/mol. The lowest BCUT2D eigenvalue weighted by Crippen LogP contribution is -2.67. The van der Waals surface area contributed by atoms with Gasteiger partial charge in [-0.3, -0.25) is 4.99 Å². The highest BCUT2D eigenvalue weighted by atomic mass is 16.5. The summed E-state index contributed by atoms with van der Waals surface area (Å²) < 4.78 is 10.6. The van der Waals surface area contributed by atoms with E-state index >= 15 is 0 Å². The highest BCUT2D eigenvalue weighted by Gasteiger charge is 2.59. The number of hydrogen-bond donors (Lipinski definition) is 2. The first kappa shape index (κ1) is 13.4. The number of aromatic nitrogens is 1. The molecule has 1 aliphatic carbocycles. The second-order valence-corrected chi connectivity index (χ2v) is 6.10. The Kier molecular flexibility index (Phi) is 3.41. The fourth-order valence-electron chi connectivity index (χ4n) is 3.46. The van der Waals surface area contributed by atoms with Crippen molar-refractivity contribution in [3.63, 3.8) is 0 Å². The first-order valence-corrected chi connectivity index (χ1v) is 7.11. The Morgan fingerprint density at radius 1 is 1.55 bits per heavy atom. The number of nitrogens with one attached hydrogen (secondary N) is 2. The lowest BCUT2D eigenvalue weighted by atomic mass is 9.57. The SMILES string of the molecule is CN=C(NCc1ccon1)NC1C2CCOC2C1(C)C. The quantitative estimate of drug-likeness (QED) is 0.641. The summed E-state index contributed by atoms with van der Waals surface area (Å²) in [4.78, 5) is 4.28. The minimum Gasteiger partial charge on any atom is -0.377 e. The molecule has 1 aliphatic heterocycles. The summed E-state index contributed by atoms with van der Waals surface area (Å²) >= 11 is 0. The van der Waals surface area contributed by atoms with Crippen molar-refractivity contribution in [3.05, 3.63) is 18.0 Å². The molecule has 0 bridgehead atoms. The summed E-state index contributed by atoms with van der Waals surface area (Å²) in [7, 11) is 1.78. The molecule has 1 saturated carbocycles. The van der Waals surface area contributed by atoms with Gasteiger partial charge in [-0.2, -0.15) is 0 Å². The molecule has 2 fully saturated rings. The van der Waals surface area contributed by atoms with Crippen molar-refractivity contribution in [2.45, 2.75) is 39.0 Å². The molecule has 3 unspecified atom stereocenters. The van der Waals surface area contributed by atoms with Gasteiger partial charge >= 0.3 is 0 Å². The smallest absolute Gasteiger partial charge is 0.191 e. The third-order valence-corrected chi connectivity index (χ3v) is 4.54. The summed E-state index contributed by atoms with van der Waals surface area (Å²) in [6, 6.07) is 2.24. The lowest BCUT2D eigenvalue weighted by molar-refractivity contribution is -0.106. The van der Waals surface area contributed by atoms with Crippen LogP contribution in [0.1, 0.15) is 26.0 Å². The van der Waals surface area contributed by atoms with Crippen molar-refractivity contribution in [3.8, 4) is 0 Å². The normalized spacial score (nSPS) is 31.6. The van der Waals surface area contributed by atoms with Crippen LogP contribution in [0.15, 0.2) is 21.8 Å². The van der Waals surface area contributed by atoms with E-state index in [9.17, 15) is 0 Å². The lowest BCUT2D eigenvalue weighted by Gasteiger charge is -2.54. The van der Waals surface area contributed by atoms with Crippen molar-refractivity contribution >= 4 is 5.96 Å². The van der Waals surface area contributed by atoms with Gasteiger partial charge in [0.25, 0.3) is 0 Å². The van der Waals surface area contributed by atoms with Gasteiger partial charge in [-0.05, 0) is 6.42 Å². The molecule has 0 amide bonds. The molecule has 0 radical (unpaired) electrons. The molecule has 2 aliphatic rings. The Morgan fingerprint density at radius 3 is 3.10 bits per heavy atom. The van der Waals surface area contributed by atoms with E-state index in [2.05, 4.69) is 34.6 Å². The minimum atomic E-state index is 0.146. The monoisotopic (exact) mass is 278 g/mol. The summed E-state index contributed by atoms with van der Waals surface area (Å²) in [5, 5.41) is 10.7. The first-order valence-electron chi connectivity index (χ1n) is 7.11. The molecule has 1 saturated heterocycles.